The fraction of sp³-hybridized carbons (Fsp3) is 0. The lowest BCUT2D eigenvalue weighted by atomic mass is 9.84. The van der Waals surface area contributed by atoms with Crippen LogP contribution >= 0.6 is 0 Å². The van der Waals surface area contributed by atoms with Gasteiger partial charge < -0.3 is 4.42 Å². The molecule has 0 bridgehead atoms. The van der Waals surface area contributed by atoms with Gasteiger partial charge in [-0.05, 0) is 96.0 Å². The van der Waals surface area contributed by atoms with E-state index in [1.807, 2.05) is 6.07 Å². The highest BCUT2D eigenvalue weighted by Crippen LogP contribution is 2.46. The van der Waals surface area contributed by atoms with Crippen LogP contribution in [0.15, 0.2) is 174 Å². The Bertz CT molecular complexity index is 3130. The van der Waals surface area contributed by atoms with Crippen LogP contribution in [0.1, 0.15) is 0 Å². The quantitative estimate of drug-likeness (QED) is 0.174. The van der Waals surface area contributed by atoms with E-state index in [9.17, 15) is 0 Å². The Morgan fingerprint density at radius 3 is 1.78 bits per heavy atom. The molecule has 0 aliphatic heterocycles. The Balaban J connectivity index is 1.15. The van der Waals surface area contributed by atoms with Gasteiger partial charge in [-0.15, -0.1) is 0 Å². The minimum absolute atomic E-state index is 0.886. The maximum atomic E-state index is 6.60. The van der Waals surface area contributed by atoms with Crippen molar-refractivity contribution >= 4 is 75.8 Å². The van der Waals surface area contributed by atoms with Crippen molar-refractivity contribution in [3.05, 3.63) is 182 Å². The zero-order valence-corrected chi connectivity index (χ0v) is 27.6. The molecule has 1 aromatic heterocycles. The summed E-state index contributed by atoms with van der Waals surface area (Å²) in [5.74, 6) is 0. The fourth-order valence-corrected chi connectivity index (χ4v) is 8.47. The minimum atomic E-state index is 0.886. The summed E-state index contributed by atoms with van der Waals surface area (Å²) in [7, 11) is 0. The SMILES string of the molecule is c1ccc2c(c#1)c1ccccc1c1oc3ccc(-c4cccc(-c5c6ccccc6c(-c6cccc7ccccc67)c6ccccc56)c4)cc3c21. The first kappa shape index (κ1) is 28.0. The molecule has 1 heterocycles. The van der Waals surface area contributed by atoms with Gasteiger partial charge in [0.2, 0.25) is 0 Å². The zero-order chi connectivity index (χ0) is 33.5. The van der Waals surface area contributed by atoms with Crippen LogP contribution in [-0.4, -0.2) is 0 Å². The van der Waals surface area contributed by atoms with Gasteiger partial charge in [-0.2, -0.15) is 0 Å². The normalized spacial score (nSPS) is 11.8. The van der Waals surface area contributed by atoms with E-state index in [0.717, 1.165) is 49.0 Å². The Hall–Kier alpha value is -6.88. The third-order valence-electron chi connectivity index (χ3n) is 10.7. The van der Waals surface area contributed by atoms with Gasteiger partial charge in [-0.1, -0.05) is 152 Å². The van der Waals surface area contributed by atoms with E-state index in [0.29, 0.717) is 0 Å². The maximum Gasteiger partial charge on any atom is 0.143 e. The summed E-state index contributed by atoms with van der Waals surface area (Å²) in [5.41, 5.74) is 9.12. The van der Waals surface area contributed by atoms with E-state index < -0.39 is 0 Å². The van der Waals surface area contributed by atoms with Crippen LogP contribution in [-0.2, 0) is 0 Å². The first-order valence-corrected chi connectivity index (χ1v) is 17.4. The predicted octanol–water partition coefficient (Wildman–Crippen LogP) is 14.0. The lowest BCUT2D eigenvalue weighted by Gasteiger charge is -2.19. The largest absolute Gasteiger partial charge is 0.455 e. The molecule has 0 radical (unpaired) electrons. The summed E-state index contributed by atoms with van der Waals surface area (Å²) in [6, 6.07) is 67.9. The molecule has 51 heavy (non-hydrogen) atoms. The molecule has 1 heteroatoms. The Morgan fingerprint density at radius 1 is 0.392 bits per heavy atom. The van der Waals surface area contributed by atoms with E-state index in [2.05, 4.69) is 176 Å². The van der Waals surface area contributed by atoms with Crippen LogP contribution in [0.3, 0.4) is 0 Å². The molecular formula is C50H28O. The number of benzene rings is 9. The van der Waals surface area contributed by atoms with Crippen LogP contribution in [0.4, 0.5) is 0 Å². The zero-order valence-electron chi connectivity index (χ0n) is 27.6. The number of fused-ring (bicyclic) bond motifs is 11. The molecule has 234 valence electrons. The van der Waals surface area contributed by atoms with Gasteiger partial charge in [0.25, 0.3) is 0 Å². The van der Waals surface area contributed by atoms with Gasteiger partial charge >= 0.3 is 0 Å². The highest BCUT2D eigenvalue weighted by Gasteiger charge is 2.19. The maximum absolute atomic E-state index is 6.60. The average molecular weight is 645 g/mol. The van der Waals surface area contributed by atoms with Crippen molar-refractivity contribution in [3.8, 4) is 33.4 Å². The fourth-order valence-electron chi connectivity index (χ4n) is 8.47. The third-order valence-corrected chi connectivity index (χ3v) is 10.7. The van der Waals surface area contributed by atoms with Crippen LogP contribution in [0.2, 0.25) is 0 Å². The highest BCUT2D eigenvalue weighted by atomic mass is 16.3. The first-order chi connectivity index (χ1) is 25.3. The monoisotopic (exact) mass is 644 g/mol. The second kappa shape index (κ2) is 10.8. The first-order valence-electron chi connectivity index (χ1n) is 17.4. The van der Waals surface area contributed by atoms with Gasteiger partial charge in [-0.3, -0.25) is 0 Å². The number of hydrogen-bond acceptors (Lipinski definition) is 1. The molecule has 0 saturated carbocycles. The minimum Gasteiger partial charge on any atom is -0.455 e. The van der Waals surface area contributed by atoms with Gasteiger partial charge in [0.15, 0.2) is 0 Å². The van der Waals surface area contributed by atoms with E-state index in [1.54, 1.807) is 0 Å². The summed E-state index contributed by atoms with van der Waals surface area (Å²) in [6.45, 7) is 0. The van der Waals surface area contributed by atoms with Gasteiger partial charge in [-0.25, -0.2) is 0 Å². The van der Waals surface area contributed by atoms with Crippen LogP contribution in [0.5, 0.6) is 0 Å². The van der Waals surface area contributed by atoms with Gasteiger partial charge in [0.1, 0.15) is 11.2 Å². The van der Waals surface area contributed by atoms with Crippen LogP contribution < -0.4 is 0 Å². The Kier molecular flexibility index (Phi) is 5.94. The van der Waals surface area contributed by atoms with E-state index >= 15 is 0 Å². The van der Waals surface area contributed by atoms with E-state index in [4.69, 9.17) is 4.42 Å². The van der Waals surface area contributed by atoms with Crippen molar-refractivity contribution in [1.29, 1.82) is 0 Å². The van der Waals surface area contributed by atoms with Crippen molar-refractivity contribution in [2.45, 2.75) is 0 Å². The van der Waals surface area contributed by atoms with Crippen molar-refractivity contribution in [1.82, 2.24) is 0 Å². The molecule has 0 amide bonds. The molecular weight excluding hydrogens is 617 g/mol. The average Bonchev–Trinajstić information content (AvgIpc) is 3.59. The molecule has 11 aromatic rings. The lowest BCUT2D eigenvalue weighted by Crippen LogP contribution is -1.92. The Morgan fingerprint density at radius 2 is 1.00 bits per heavy atom. The topological polar surface area (TPSA) is 13.1 Å². The van der Waals surface area contributed by atoms with Gasteiger partial charge in [0.05, 0.1) is 0 Å². The standard InChI is InChI=1S/C50H28O/c1-2-17-35-31(13-1)14-12-26-38(35)48-42-23-8-6-21-40(42)47(41-22-7-9-24-43(41)48)34-16-11-15-32(29-34)33-27-28-46-45(30-33)49-39-20-5-3-18-36(39)37-19-4-10-25-44(37)50(49)51-46/h1-2,4-17,19-30H. The lowest BCUT2D eigenvalue weighted by molar-refractivity contribution is 0.673. The molecule has 10 aromatic carbocycles. The number of hydrogen-bond donors (Lipinski definition) is 0. The summed E-state index contributed by atoms with van der Waals surface area (Å²) >= 11 is 0. The summed E-state index contributed by atoms with van der Waals surface area (Å²) in [6.07, 6.45) is 0. The molecule has 0 unspecified atom stereocenters. The molecule has 0 aliphatic rings. The summed E-state index contributed by atoms with van der Waals surface area (Å²) in [4.78, 5) is 0. The van der Waals surface area contributed by atoms with Crippen molar-refractivity contribution in [2.24, 2.45) is 0 Å². The number of furan rings is 1. The van der Waals surface area contributed by atoms with E-state index in [-0.39, 0.29) is 0 Å². The molecule has 1 nitrogen and oxygen atoms in total. The smallest absolute Gasteiger partial charge is 0.143 e. The second-order valence-electron chi connectivity index (χ2n) is 13.4. The highest BCUT2D eigenvalue weighted by molar-refractivity contribution is 6.30. The molecule has 0 atom stereocenters. The van der Waals surface area contributed by atoms with E-state index in [1.165, 1.54) is 60.1 Å². The molecule has 0 spiro atoms. The van der Waals surface area contributed by atoms with Crippen LogP contribution in [0.25, 0.3) is 109 Å². The summed E-state index contributed by atoms with van der Waals surface area (Å²) in [5, 5.41) is 14.2. The second-order valence-corrected chi connectivity index (χ2v) is 13.4. The molecule has 0 fully saturated rings. The molecule has 11 rings (SSSR count). The summed E-state index contributed by atoms with van der Waals surface area (Å²) < 4.78 is 6.60. The number of rotatable bonds is 3. The van der Waals surface area contributed by atoms with Crippen LogP contribution in [0, 0.1) is 12.1 Å². The van der Waals surface area contributed by atoms with Gasteiger partial charge in [0, 0.05) is 32.3 Å². The van der Waals surface area contributed by atoms with Crippen molar-refractivity contribution in [3.63, 3.8) is 0 Å². The molecule has 0 aliphatic carbocycles. The molecule has 0 saturated heterocycles. The molecule has 0 N–H and O–H groups in total. The van der Waals surface area contributed by atoms with Crippen molar-refractivity contribution in [2.75, 3.05) is 0 Å². The Labute approximate surface area is 294 Å². The van der Waals surface area contributed by atoms with Crippen molar-refractivity contribution < 1.29 is 4.42 Å². The third kappa shape index (κ3) is 4.11. The predicted molar refractivity (Wildman–Crippen MR) is 215 cm³/mol.